The van der Waals surface area contributed by atoms with Gasteiger partial charge in [-0.05, 0) is 81.5 Å². The van der Waals surface area contributed by atoms with E-state index in [0.717, 1.165) is 35.6 Å². The van der Waals surface area contributed by atoms with Crippen LogP contribution in [0.4, 0.5) is 0 Å². The standard InChI is InChI=1S/C18H23BrI2N2O2Si/c1-18(2,3)26(4,5)24-10-12-9-23-16(21)15(20)22-17(23)13-8-11(19)6-7-14(13)25-12/h6-8,12H,9-10H2,1-5H3. The number of nitrogens with zero attached hydrogens (tertiary/aromatic N) is 2. The minimum absolute atomic E-state index is 0.0381. The molecule has 1 atom stereocenters. The van der Waals surface area contributed by atoms with Gasteiger partial charge in [0.25, 0.3) is 0 Å². The number of imidazole rings is 1. The van der Waals surface area contributed by atoms with Crippen molar-refractivity contribution in [2.75, 3.05) is 6.61 Å². The molecule has 1 aliphatic heterocycles. The lowest BCUT2D eigenvalue weighted by atomic mass is 10.2. The SMILES string of the molecule is CC(C)(C)[Si](C)(C)OCC1Cn2c(nc(I)c2I)-c2cc(Br)ccc2O1. The molecule has 0 aliphatic carbocycles. The van der Waals surface area contributed by atoms with Crippen molar-refractivity contribution in [1.82, 2.24) is 9.55 Å². The summed E-state index contributed by atoms with van der Waals surface area (Å²) in [4.78, 5) is 4.78. The quantitative estimate of drug-likeness (QED) is 0.286. The highest BCUT2D eigenvalue weighted by Gasteiger charge is 2.38. The van der Waals surface area contributed by atoms with E-state index in [1.165, 1.54) is 0 Å². The number of fused-ring (bicyclic) bond motifs is 3. The van der Waals surface area contributed by atoms with Gasteiger partial charge in [0.2, 0.25) is 0 Å². The van der Waals surface area contributed by atoms with Crippen molar-refractivity contribution < 1.29 is 9.16 Å². The Balaban J connectivity index is 1.94. The summed E-state index contributed by atoms with van der Waals surface area (Å²) in [6, 6.07) is 6.11. The number of hydrogen-bond acceptors (Lipinski definition) is 3. The zero-order chi connectivity index (χ0) is 19.3. The highest BCUT2D eigenvalue weighted by molar-refractivity contribution is 14.1. The van der Waals surface area contributed by atoms with Gasteiger partial charge in [-0.2, -0.15) is 0 Å². The number of benzene rings is 1. The fourth-order valence-electron chi connectivity index (χ4n) is 2.58. The fourth-order valence-corrected chi connectivity index (χ4v) is 5.04. The molecule has 0 N–H and O–H groups in total. The first-order valence-electron chi connectivity index (χ1n) is 8.51. The Morgan fingerprint density at radius 2 is 2.04 bits per heavy atom. The summed E-state index contributed by atoms with van der Waals surface area (Å²) in [7, 11) is -1.82. The van der Waals surface area contributed by atoms with Crippen LogP contribution in [0, 0.1) is 7.40 Å². The van der Waals surface area contributed by atoms with E-state index in [1.54, 1.807) is 0 Å². The van der Waals surface area contributed by atoms with Gasteiger partial charge in [-0.3, -0.25) is 0 Å². The summed E-state index contributed by atoms with van der Waals surface area (Å²) in [6.45, 7) is 12.7. The Morgan fingerprint density at radius 3 is 2.69 bits per heavy atom. The first kappa shape index (κ1) is 21.1. The van der Waals surface area contributed by atoms with E-state index in [4.69, 9.17) is 14.1 Å². The van der Waals surface area contributed by atoms with E-state index >= 15 is 0 Å². The molecule has 0 amide bonds. The lowest BCUT2D eigenvalue weighted by Crippen LogP contribution is -2.44. The first-order chi connectivity index (χ1) is 12.0. The summed E-state index contributed by atoms with van der Waals surface area (Å²) in [5.74, 6) is 1.83. The summed E-state index contributed by atoms with van der Waals surface area (Å²) in [6.07, 6.45) is -0.0381. The third-order valence-electron chi connectivity index (χ3n) is 5.17. The van der Waals surface area contributed by atoms with Crippen molar-refractivity contribution in [3.05, 3.63) is 30.1 Å². The minimum atomic E-state index is -1.82. The molecule has 0 radical (unpaired) electrons. The van der Waals surface area contributed by atoms with Gasteiger partial charge in [0.15, 0.2) is 8.32 Å². The Labute approximate surface area is 192 Å². The highest BCUT2D eigenvalue weighted by Crippen LogP contribution is 2.39. The number of halogens is 3. The molecule has 1 aliphatic rings. The Kier molecular flexibility index (Phi) is 6.19. The highest BCUT2D eigenvalue weighted by atomic mass is 127. The zero-order valence-electron chi connectivity index (χ0n) is 15.6. The topological polar surface area (TPSA) is 36.3 Å². The smallest absolute Gasteiger partial charge is 0.192 e. The summed E-state index contributed by atoms with van der Waals surface area (Å²) < 4.78 is 18.3. The van der Waals surface area contributed by atoms with Crippen LogP contribution in [0.5, 0.6) is 5.75 Å². The van der Waals surface area contributed by atoms with Gasteiger partial charge in [0.05, 0.1) is 18.7 Å². The van der Waals surface area contributed by atoms with E-state index < -0.39 is 8.32 Å². The second-order valence-electron chi connectivity index (χ2n) is 8.08. The van der Waals surface area contributed by atoms with E-state index in [2.05, 4.69) is 106 Å². The van der Waals surface area contributed by atoms with Crippen LogP contribution in [0.1, 0.15) is 20.8 Å². The maximum atomic E-state index is 6.46. The molecular formula is C18H23BrI2N2O2Si. The Bertz CT molecular complexity index is 833. The maximum Gasteiger partial charge on any atom is 0.192 e. The van der Waals surface area contributed by atoms with Crippen LogP contribution < -0.4 is 4.74 Å². The second-order valence-corrected chi connectivity index (χ2v) is 15.8. The molecule has 4 nitrogen and oxygen atoms in total. The molecule has 0 fully saturated rings. The predicted molar refractivity (Wildman–Crippen MR) is 128 cm³/mol. The normalized spacial score (nSPS) is 17.3. The molecule has 2 heterocycles. The van der Waals surface area contributed by atoms with E-state index in [0.29, 0.717) is 6.61 Å². The van der Waals surface area contributed by atoms with Crippen LogP contribution in [0.15, 0.2) is 22.7 Å². The number of rotatable bonds is 3. The van der Waals surface area contributed by atoms with E-state index in [1.807, 2.05) is 12.1 Å². The molecule has 1 aromatic heterocycles. The van der Waals surface area contributed by atoms with Crippen LogP contribution in [-0.4, -0.2) is 30.6 Å². The summed E-state index contributed by atoms with van der Waals surface area (Å²) >= 11 is 8.24. The van der Waals surface area contributed by atoms with Gasteiger partial charge in [0.1, 0.15) is 25.1 Å². The van der Waals surface area contributed by atoms with E-state index in [9.17, 15) is 0 Å². The molecule has 1 aromatic carbocycles. The molecule has 8 heteroatoms. The number of hydrogen-bond donors (Lipinski definition) is 0. The number of aromatic nitrogens is 2. The Morgan fingerprint density at radius 1 is 1.35 bits per heavy atom. The monoisotopic (exact) mass is 660 g/mol. The van der Waals surface area contributed by atoms with Crippen molar-refractivity contribution in [2.45, 2.75) is 51.6 Å². The summed E-state index contributed by atoms with van der Waals surface area (Å²) in [5.41, 5.74) is 1.02. The predicted octanol–water partition coefficient (Wildman–Crippen LogP) is 6.30. The molecule has 26 heavy (non-hydrogen) atoms. The average molecular weight is 661 g/mol. The van der Waals surface area contributed by atoms with Gasteiger partial charge < -0.3 is 13.7 Å². The second kappa shape index (κ2) is 7.64. The third-order valence-corrected chi connectivity index (χ3v) is 13.0. The van der Waals surface area contributed by atoms with Crippen LogP contribution in [0.3, 0.4) is 0 Å². The molecule has 0 saturated carbocycles. The first-order valence-corrected chi connectivity index (χ1v) is 14.4. The maximum absolute atomic E-state index is 6.46. The largest absolute Gasteiger partial charge is 0.485 e. The Hall–Kier alpha value is 0.347. The van der Waals surface area contributed by atoms with Crippen LogP contribution in [0.25, 0.3) is 11.4 Å². The minimum Gasteiger partial charge on any atom is -0.485 e. The van der Waals surface area contributed by atoms with Crippen LogP contribution >= 0.6 is 61.1 Å². The van der Waals surface area contributed by atoms with Gasteiger partial charge >= 0.3 is 0 Å². The lowest BCUT2D eigenvalue weighted by molar-refractivity contribution is 0.109. The fraction of sp³-hybridized carbons (Fsp3) is 0.500. The molecule has 0 bridgehead atoms. The number of ether oxygens (including phenoxy) is 1. The van der Waals surface area contributed by atoms with Crippen molar-refractivity contribution in [3.63, 3.8) is 0 Å². The van der Waals surface area contributed by atoms with Crippen LogP contribution in [-0.2, 0) is 11.0 Å². The van der Waals surface area contributed by atoms with Gasteiger partial charge in [-0.1, -0.05) is 36.7 Å². The van der Waals surface area contributed by atoms with Crippen LogP contribution in [0.2, 0.25) is 18.1 Å². The summed E-state index contributed by atoms with van der Waals surface area (Å²) in [5, 5.41) is 0.185. The average Bonchev–Trinajstić information content (AvgIpc) is 2.73. The van der Waals surface area contributed by atoms with Gasteiger partial charge in [-0.25, -0.2) is 4.98 Å². The van der Waals surface area contributed by atoms with Gasteiger partial charge in [0, 0.05) is 4.47 Å². The molecule has 3 rings (SSSR count). The lowest BCUT2D eigenvalue weighted by Gasteiger charge is -2.37. The van der Waals surface area contributed by atoms with Gasteiger partial charge in [-0.15, -0.1) is 0 Å². The van der Waals surface area contributed by atoms with Crippen molar-refractivity contribution in [1.29, 1.82) is 0 Å². The molecular weight excluding hydrogens is 638 g/mol. The van der Waals surface area contributed by atoms with E-state index in [-0.39, 0.29) is 11.1 Å². The van der Waals surface area contributed by atoms with Crippen molar-refractivity contribution >= 4 is 69.4 Å². The molecule has 142 valence electrons. The molecule has 0 spiro atoms. The molecule has 1 unspecified atom stereocenters. The molecule has 2 aromatic rings. The van der Waals surface area contributed by atoms with Crippen molar-refractivity contribution in [2.24, 2.45) is 0 Å². The van der Waals surface area contributed by atoms with Crippen molar-refractivity contribution in [3.8, 4) is 17.1 Å². The molecule has 0 saturated heterocycles. The third kappa shape index (κ3) is 4.18. The zero-order valence-corrected chi connectivity index (χ0v) is 22.5.